The number of amides is 3. The molecule has 0 aliphatic heterocycles. The van der Waals surface area contributed by atoms with Gasteiger partial charge in [0.05, 0.1) is 12.6 Å². The van der Waals surface area contributed by atoms with E-state index in [1.54, 1.807) is 55.3 Å². The average Bonchev–Trinajstić information content (AvgIpc) is 2.72. The fraction of sp³-hybridized carbons (Fsp3) is 0.348. The van der Waals surface area contributed by atoms with Crippen molar-refractivity contribution in [1.29, 1.82) is 0 Å². The first kappa shape index (κ1) is 24.0. The van der Waals surface area contributed by atoms with Crippen LogP contribution in [0.1, 0.15) is 26.3 Å². The van der Waals surface area contributed by atoms with Crippen LogP contribution in [0.15, 0.2) is 48.5 Å². The van der Waals surface area contributed by atoms with Gasteiger partial charge in [0.1, 0.15) is 5.82 Å². The highest BCUT2D eigenvalue weighted by Gasteiger charge is 2.25. The van der Waals surface area contributed by atoms with Gasteiger partial charge in [-0.25, -0.2) is 4.39 Å². The predicted molar refractivity (Wildman–Crippen MR) is 119 cm³/mol. The van der Waals surface area contributed by atoms with Crippen molar-refractivity contribution in [3.63, 3.8) is 0 Å². The molecule has 0 fully saturated rings. The van der Waals surface area contributed by atoms with Crippen molar-refractivity contribution < 1.29 is 18.8 Å². The SMILES string of the molecule is CCN(CC(=O)Nc1ccc(NC(C)=O)cc1)[C@H](C)C(=O)N(C)Cc1cccc(F)c1. The molecule has 0 bridgehead atoms. The summed E-state index contributed by atoms with van der Waals surface area (Å²) in [6.07, 6.45) is 0. The van der Waals surface area contributed by atoms with Gasteiger partial charge in [-0.1, -0.05) is 19.1 Å². The fourth-order valence-corrected chi connectivity index (χ4v) is 3.21. The molecule has 31 heavy (non-hydrogen) atoms. The molecule has 0 saturated carbocycles. The van der Waals surface area contributed by atoms with Crippen LogP contribution in [0, 0.1) is 5.82 Å². The van der Waals surface area contributed by atoms with E-state index in [2.05, 4.69) is 10.6 Å². The summed E-state index contributed by atoms with van der Waals surface area (Å²) >= 11 is 0. The van der Waals surface area contributed by atoms with E-state index < -0.39 is 6.04 Å². The van der Waals surface area contributed by atoms with Gasteiger partial charge in [0.15, 0.2) is 0 Å². The molecule has 0 aliphatic carbocycles. The highest BCUT2D eigenvalue weighted by Crippen LogP contribution is 2.14. The number of carbonyl (C=O) groups excluding carboxylic acids is 3. The molecule has 2 aromatic carbocycles. The Kier molecular flexibility index (Phi) is 8.69. The molecule has 0 spiro atoms. The number of likely N-dealkylation sites (N-methyl/N-ethyl adjacent to an activating group) is 2. The monoisotopic (exact) mass is 428 g/mol. The minimum absolute atomic E-state index is 0.0463. The lowest BCUT2D eigenvalue weighted by molar-refractivity contribution is -0.136. The van der Waals surface area contributed by atoms with Crippen LogP contribution in [-0.4, -0.2) is 53.7 Å². The van der Waals surface area contributed by atoms with Crippen LogP contribution in [0.2, 0.25) is 0 Å². The molecule has 0 radical (unpaired) electrons. The van der Waals surface area contributed by atoms with E-state index in [1.165, 1.54) is 24.0 Å². The van der Waals surface area contributed by atoms with Gasteiger partial charge in [-0.3, -0.25) is 19.3 Å². The molecule has 0 saturated heterocycles. The van der Waals surface area contributed by atoms with E-state index in [4.69, 9.17) is 0 Å². The van der Waals surface area contributed by atoms with Crippen LogP contribution >= 0.6 is 0 Å². The van der Waals surface area contributed by atoms with Crippen LogP contribution in [-0.2, 0) is 20.9 Å². The normalized spacial score (nSPS) is 11.7. The Morgan fingerprint density at radius 3 is 2.19 bits per heavy atom. The maximum atomic E-state index is 13.4. The molecule has 1 atom stereocenters. The van der Waals surface area contributed by atoms with Crippen LogP contribution in [0.4, 0.5) is 15.8 Å². The summed E-state index contributed by atoms with van der Waals surface area (Å²) in [5.74, 6) is -0.917. The molecular formula is C23H29FN4O3. The summed E-state index contributed by atoms with van der Waals surface area (Å²) in [6.45, 7) is 5.90. The quantitative estimate of drug-likeness (QED) is 0.643. The summed E-state index contributed by atoms with van der Waals surface area (Å²) in [6, 6.07) is 12.4. The average molecular weight is 429 g/mol. The van der Waals surface area contributed by atoms with Gasteiger partial charge in [-0.15, -0.1) is 0 Å². The maximum absolute atomic E-state index is 13.4. The van der Waals surface area contributed by atoms with Crippen molar-refractivity contribution in [3.05, 3.63) is 59.9 Å². The van der Waals surface area contributed by atoms with Gasteiger partial charge in [-0.05, 0) is 55.4 Å². The minimum atomic E-state index is -0.517. The number of rotatable bonds is 9. The Balaban J connectivity index is 1.93. The molecule has 166 valence electrons. The van der Waals surface area contributed by atoms with Crippen molar-refractivity contribution in [2.24, 2.45) is 0 Å². The second-order valence-electron chi connectivity index (χ2n) is 7.37. The third kappa shape index (κ3) is 7.49. The number of hydrogen-bond acceptors (Lipinski definition) is 4. The summed E-state index contributed by atoms with van der Waals surface area (Å²) in [7, 11) is 1.66. The van der Waals surface area contributed by atoms with Gasteiger partial charge in [0.25, 0.3) is 0 Å². The Hall–Kier alpha value is -3.26. The first-order valence-electron chi connectivity index (χ1n) is 10.1. The van der Waals surface area contributed by atoms with E-state index in [0.717, 1.165) is 0 Å². The smallest absolute Gasteiger partial charge is 0.239 e. The van der Waals surface area contributed by atoms with Gasteiger partial charge in [0, 0.05) is 31.9 Å². The molecule has 0 aromatic heterocycles. The van der Waals surface area contributed by atoms with Crippen molar-refractivity contribution in [1.82, 2.24) is 9.80 Å². The second-order valence-corrected chi connectivity index (χ2v) is 7.37. The molecule has 2 N–H and O–H groups in total. The summed E-state index contributed by atoms with van der Waals surface area (Å²) in [5, 5.41) is 5.46. The van der Waals surface area contributed by atoms with Gasteiger partial charge in [-0.2, -0.15) is 0 Å². The Bertz CT molecular complexity index is 917. The molecule has 0 heterocycles. The first-order valence-corrected chi connectivity index (χ1v) is 10.1. The first-order chi connectivity index (χ1) is 14.7. The molecule has 7 nitrogen and oxygen atoms in total. The number of nitrogens with one attached hydrogen (secondary N) is 2. The lowest BCUT2D eigenvalue weighted by Gasteiger charge is -2.30. The topological polar surface area (TPSA) is 81.8 Å². The molecule has 0 unspecified atom stereocenters. The third-order valence-electron chi connectivity index (χ3n) is 4.83. The lowest BCUT2D eigenvalue weighted by Crippen LogP contribution is -2.48. The summed E-state index contributed by atoms with van der Waals surface area (Å²) < 4.78 is 13.4. The maximum Gasteiger partial charge on any atom is 0.239 e. The Morgan fingerprint density at radius 1 is 1.03 bits per heavy atom. The molecule has 2 rings (SSSR count). The van der Waals surface area contributed by atoms with Crippen molar-refractivity contribution in [2.75, 3.05) is 30.8 Å². The van der Waals surface area contributed by atoms with E-state index in [-0.39, 0.29) is 36.6 Å². The third-order valence-corrected chi connectivity index (χ3v) is 4.83. The Morgan fingerprint density at radius 2 is 1.65 bits per heavy atom. The van der Waals surface area contributed by atoms with E-state index in [1.807, 2.05) is 6.92 Å². The lowest BCUT2D eigenvalue weighted by atomic mass is 10.2. The number of nitrogens with zero attached hydrogens (tertiary/aromatic N) is 2. The summed E-state index contributed by atoms with van der Waals surface area (Å²) in [5.41, 5.74) is 1.94. The zero-order chi connectivity index (χ0) is 23.0. The predicted octanol–water partition coefficient (Wildman–Crippen LogP) is 3.09. The van der Waals surface area contributed by atoms with Crippen molar-refractivity contribution in [3.8, 4) is 0 Å². The van der Waals surface area contributed by atoms with E-state index in [0.29, 0.717) is 23.5 Å². The molecular weight excluding hydrogens is 399 g/mol. The van der Waals surface area contributed by atoms with Crippen LogP contribution in [0.25, 0.3) is 0 Å². The Labute approximate surface area is 182 Å². The number of halogens is 1. The minimum Gasteiger partial charge on any atom is -0.340 e. The number of benzene rings is 2. The number of anilines is 2. The van der Waals surface area contributed by atoms with Gasteiger partial charge in [0.2, 0.25) is 17.7 Å². The highest BCUT2D eigenvalue weighted by atomic mass is 19.1. The van der Waals surface area contributed by atoms with Gasteiger partial charge >= 0.3 is 0 Å². The van der Waals surface area contributed by atoms with Crippen LogP contribution in [0.3, 0.4) is 0 Å². The largest absolute Gasteiger partial charge is 0.340 e. The van der Waals surface area contributed by atoms with E-state index >= 15 is 0 Å². The molecule has 0 aliphatic rings. The number of hydrogen-bond donors (Lipinski definition) is 2. The zero-order valence-corrected chi connectivity index (χ0v) is 18.3. The van der Waals surface area contributed by atoms with Gasteiger partial charge < -0.3 is 15.5 Å². The molecule has 2 aromatic rings. The van der Waals surface area contributed by atoms with Crippen molar-refractivity contribution >= 4 is 29.1 Å². The zero-order valence-electron chi connectivity index (χ0n) is 18.3. The van der Waals surface area contributed by atoms with Crippen LogP contribution < -0.4 is 10.6 Å². The molecule has 3 amide bonds. The number of carbonyl (C=O) groups is 3. The second kappa shape index (κ2) is 11.2. The van der Waals surface area contributed by atoms with Crippen LogP contribution in [0.5, 0.6) is 0 Å². The molecule has 8 heteroatoms. The standard InChI is InChI=1S/C23H29FN4O3/c1-5-28(15-22(30)26-21-11-9-20(10-12-21)25-17(3)29)16(2)23(31)27(4)14-18-7-6-8-19(24)13-18/h6-13,16H,5,14-15H2,1-4H3,(H,25,29)(H,26,30)/t16-/m1/s1. The fourth-order valence-electron chi connectivity index (χ4n) is 3.21. The van der Waals surface area contributed by atoms with Crippen molar-refractivity contribution in [2.45, 2.75) is 33.4 Å². The highest BCUT2D eigenvalue weighted by molar-refractivity contribution is 5.93. The van der Waals surface area contributed by atoms with E-state index in [9.17, 15) is 18.8 Å². The summed E-state index contributed by atoms with van der Waals surface area (Å²) in [4.78, 5) is 39.7.